The van der Waals surface area contributed by atoms with E-state index in [1.54, 1.807) is 0 Å². The molecule has 2 N–H and O–H groups in total. The lowest BCUT2D eigenvalue weighted by Gasteiger charge is -2.28. The van der Waals surface area contributed by atoms with Gasteiger partial charge in [-0.2, -0.15) is 9.97 Å². The van der Waals surface area contributed by atoms with Crippen LogP contribution in [0, 0.1) is 5.92 Å². The summed E-state index contributed by atoms with van der Waals surface area (Å²) in [5.41, 5.74) is 8.22. The molecular formula is C18H25N7O. The zero-order valence-corrected chi connectivity index (χ0v) is 15.4. The zero-order chi connectivity index (χ0) is 18.1. The molecule has 0 aromatic carbocycles. The van der Waals surface area contributed by atoms with Crippen LogP contribution in [-0.2, 0) is 24.2 Å². The van der Waals surface area contributed by atoms with Crippen LogP contribution in [0.4, 0.5) is 17.6 Å². The van der Waals surface area contributed by atoms with Crippen molar-refractivity contribution in [2.75, 3.05) is 41.8 Å². The van der Waals surface area contributed by atoms with Crippen LogP contribution < -0.4 is 15.5 Å². The second kappa shape index (κ2) is 7.03. The van der Waals surface area contributed by atoms with Crippen molar-refractivity contribution >= 4 is 17.6 Å². The molecule has 2 aliphatic heterocycles. The number of nitrogens with two attached hydrogens (primary N) is 1. The summed E-state index contributed by atoms with van der Waals surface area (Å²) >= 11 is 0. The van der Waals surface area contributed by atoms with Crippen LogP contribution >= 0.6 is 0 Å². The van der Waals surface area contributed by atoms with Crippen LogP contribution in [-0.4, -0.2) is 46.2 Å². The van der Waals surface area contributed by atoms with Gasteiger partial charge in [-0.15, -0.1) is 0 Å². The van der Waals surface area contributed by atoms with Gasteiger partial charge in [-0.3, -0.25) is 0 Å². The molecule has 8 heteroatoms. The summed E-state index contributed by atoms with van der Waals surface area (Å²) in [6, 6.07) is 2.01. The smallest absolute Gasteiger partial charge is 0.223 e. The van der Waals surface area contributed by atoms with Gasteiger partial charge in [0.25, 0.3) is 0 Å². The fraction of sp³-hybridized carbons (Fsp3) is 0.556. The molecule has 8 nitrogen and oxygen atoms in total. The summed E-state index contributed by atoms with van der Waals surface area (Å²) in [5, 5.41) is 0. The first-order valence-electron chi connectivity index (χ1n) is 9.14. The average Bonchev–Trinajstić information content (AvgIpc) is 3.05. The van der Waals surface area contributed by atoms with E-state index in [1.165, 1.54) is 0 Å². The monoisotopic (exact) mass is 355 g/mol. The summed E-state index contributed by atoms with van der Waals surface area (Å²) in [6.07, 6.45) is 2.85. The van der Waals surface area contributed by atoms with E-state index < -0.39 is 0 Å². The molecule has 1 saturated heterocycles. The molecule has 2 aliphatic rings. The number of morpholine rings is 1. The molecule has 0 aliphatic carbocycles. The molecule has 4 rings (SSSR count). The Labute approximate surface area is 153 Å². The van der Waals surface area contributed by atoms with Crippen LogP contribution in [0.2, 0.25) is 0 Å². The number of hydrogen-bond donors (Lipinski definition) is 1. The standard InChI is InChI=1S/C18H25N7O/c1-12(2)7-15-20-9-13-10-25(11-14(13)21-15)17-8-16(22-18(19)23-17)24-3-5-26-6-4-24/h8-9,12H,3-7,10-11H2,1-2H3,(H2,19,22,23). The van der Waals surface area contributed by atoms with Crippen molar-refractivity contribution in [2.45, 2.75) is 33.4 Å². The SMILES string of the molecule is CC(C)Cc1ncc2c(n1)CN(c1cc(N3CCOCC3)nc(N)n1)C2. The highest BCUT2D eigenvalue weighted by Gasteiger charge is 2.24. The van der Waals surface area contributed by atoms with Crippen LogP contribution in [0.3, 0.4) is 0 Å². The molecule has 2 aromatic rings. The maximum atomic E-state index is 5.98. The Morgan fingerprint density at radius 1 is 1.08 bits per heavy atom. The highest BCUT2D eigenvalue weighted by Crippen LogP contribution is 2.28. The minimum Gasteiger partial charge on any atom is -0.378 e. The predicted octanol–water partition coefficient (Wildman–Crippen LogP) is 1.40. The van der Waals surface area contributed by atoms with Crippen LogP contribution in [0.25, 0.3) is 0 Å². The first-order valence-corrected chi connectivity index (χ1v) is 9.14. The first kappa shape index (κ1) is 17.0. The van der Waals surface area contributed by atoms with Gasteiger partial charge in [0.15, 0.2) is 0 Å². The number of fused-ring (bicyclic) bond motifs is 1. The molecule has 26 heavy (non-hydrogen) atoms. The van der Waals surface area contributed by atoms with E-state index in [2.05, 4.69) is 38.6 Å². The molecule has 0 spiro atoms. The van der Waals surface area contributed by atoms with Gasteiger partial charge < -0.3 is 20.3 Å². The molecule has 1 fully saturated rings. The highest BCUT2D eigenvalue weighted by atomic mass is 16.5. The van der Waals surface area contributed by atoms with E-state index >= 15 is 0 Å². The van der Waals surface area contributed by atoms with Gasteiger partial charge in [-0.05, 0) is 5.92 Å². The van der Waals surface area contributed by atoms with E-state index in [0.29, 0.717) is 25.1 Å². The summed E-state index contributed by atoms with van der Waals surface area (Å²) in [6.45, 7) is 8.89. The van der Waals surface area contributed by atoms with E-state index in [9.17, 15) is 0 Å². The predicted molar refractivity (Wildman–Crippen MR) is 99.9 cm³/mol. The topological polar surface area (TPSA) is 93.3 Å². The quantitative estimate of drug-likeness (QED) is 0.880. The lowest BCUT2D eigenvalue weighted by molar-refractivity contribution is 0.122. The molecule has 0 saturated carbocycles. The van der Waals surface area contributed by atoms with Crippen LogP contribution in [0.5, 0.6) is 0 Å². The Balaban J connectivity index is 1.55. The minimum absolute atomic E-state index is 0.298. The van der Waals surface area contributed by atoms with E-state index in [-0.39, 0.29) is 0 Å². The summed E-state index contributed by atoms with van der Waals surface area (Å²) < 4.78 is 5.42. The minimum atomic E-state index is 0.298. The normalized spacial score (nSPS) is 17.0. The first-order chi connectivity index (χ1) is 12.6. The molecule has 138 valence electrons. The van der Waals surface area contributed by atoms with Crippen molar-refractivity contribution in [1.82, 2.24) is 19.9 Å². The Kier molecular flexibility index (Phi) is 4.58. The van der Waals surface area contributed by atoms with Crippen molar-refractivity contribution in [3.05, 3.63) is 29.3 Å². The second-order valence-corrected chi connectivity index (χ2v) is 7.25. The van der Waals surface area contributed by atoms with Crippen molar-refractivity contribution in [3.63, 3.8) is 0 Å². The third-order valence-corrected chi connectivity index (χ3v) is 4.67. The molecule has 0 atom stereocenters. The van der Waals surface area contributed by atoms with E-state index in [4.69, 9.17) is 15.5 Å². The van der Waals surface area contributed by atoms with Gasteiger partial charge in [-0.1, -0.05) is 13.8 Å². The number of nitrogens with zero attached hydrogens (tertiary/aromatic N) is 6. The highest BCUT2D eigenvalue weighted by molar-refractivity contribution is 5.56. The van der Waals surface area contributed by atoms with Gasteiger partial charge in [-0.25, -0.2) is 9.97 Å². The van der Waals surface area contributed by atoms with Crippen LogP contribution in [0.15, 0.2) is 12.3 Å². The van der Waals surface area contributed by atoms with Crippen molar-refractivity contribution < 1.29 is 4.74 Å². The summed E-state index contributed by atoms with van der Waals surface area (Å²) in [5.74, 6) is 3.45. The number of hydrogen-bond acceptors (Lipinski definition) is 8. The number of ether oxygens (including phenoxy) is 1. The third-order valence-electron chi connectivity index (χ3n) is 4.67. The molecule has 0 bridgehead atoms. The number of nitrogen functional groups attached to an aromatic ring is 1. The lowest BCUT2D eigenvalue weighted by atomic mass is 10.1. The molecule has 2 aromatic heterocycles. The molecule has 0 amide bonds. The number of anilines is 3. The lowest BCUT2D eigenvalue weighted by Crippen LogP contribution is -2.37. The van der Waals surface area contributed by atoms with Gasteiger partial charge in [0, 0.05) is 43.9 Å². The Morgan fingerprint density at radius 2 is 1.81 bits per heavy atom. The number of rotatable bonds is 4. The average molecular weight is 355 g/mol. The maximum absolute atomic E-state index is 5.98. The second-order valence-electron chi connectivity index (χ2n) is 7.25. The molecule has 0 unspecified atom stereocenters. The Morgan fingerprint density at radius 3 is 2.54 bits per heavy atom. The zero-order valence-electron chi connectivity index (χ0n) is 15.4. The van der Waals surface area contributed by atoms with Gasteiger partial charge in [0.1, 0.15) is 17.5 Å². The summed E-state index contributed by atoms with van der Waals surface area (Å²) in [7, 11) is 0. The van der Waals surface area contributed by atoms with Crippen molar-refractivity contribution in [3.8, 4) is 0 Å². The van der Waals surface area contributed by atoms with E-state index in [1.807, 2.05) is 12.3 Å². The van der Waals surface area contributed by atoms with Crippen molar-refractivity contribution in [1.29, 1.82) is 0 Å². The maximum Gasteiger partial charge on any atom is 0.223 e. The largest absolute Gasteiger partial charge is 0.378 e. The number of aromatic nitrogens is 4. The van der Waals surface area contributed by atoms with Gasteiger partial charge >= 0.3 is 0 Å². The van der Waals surface area contributed by atoms with Crippen molar-refractivity contribution in [2.24, 2.45) is 5.92 Å². The van der Waals surface area contributed by atoms with E-state index in [0.717, 1.165) is 61.3 Å². The third kappa shape index (κ3) is 3.55. The Bertz CT molecular complexity index is 789. The van der Waals surface area contributed by atoms with Crippen LogP contribution in [0.1, 0.15) is 30.9 Å². The Hall–Kier alpha value is -2.48. The molecule has 4 heterocycles. The summed E-state index contributed by atoms with van der Waals surface area (Å²) in [4.78, 5) is 22.5. The molecule has 0 radical (unpaired) electrons. The fourth-order valence-electron chi connectivity index (χ4n) is 3.38. The fourth-order valence-corrected chi connectivity index (χ4v) is 3.38. The van der Waals surface area contributed by atoms with Gasteiger partial charge in [0.2, 0.25) is 5.95 Å². The molecular weight excluding hydrogens is 330 g/mol. The van der Waals surface area contributed by atoms with Gasteiger partial charge in [0.05, 0.1) is 25.5 Å².